The molecule has 2 rings (SSSR count). The summed E-state index contributed by atoms with van der Waals surface area (Å²) in [6, 6.07) is -0.0621. The summed E-state index contributed by atoms with van der Waals surface area (Å²) in [4.78, 5) is 12.6. The SMILES string of the molecule is NCC1(C(=O)NC2CCCCC2O)CCCCCC1. The van der Waals surface area contributed by atoms with Crippen LogP contribution in [0.15, 0.2) is 0 Å². The van der Waals surface area contributed by atoms with Gasteiger partial charge < -0.3 is 16.2 Å². The molecule has 0 spiro atoms. The molecule has 0 aromatic rings. The summed E-state index contributed by atoms with van der Waals surface area (Å²) in [5, 5.41) is 13.1. The van der Waals surface area contributed by atoms with Gasteiger partial charge in [0.1, 0.15) is 0 Å². The van der Waals surface area contributed by atoms with E-state index in [4.69, 9.17) is 5.73 Å². The Morgan fingerprint density at radius 1 is 1.11 bits per heavy atom. The molecule has 2 unspecified atom stereocenters. The second kappa shape index (κ2) is 6.71. The average molecular weight is 268 g/mol. The Kier molecular flexibility index (Phi) is 5.22. The van der Waals surface area contributed by atoms with Gasteiger partial charge in [-0.15, -0.1) is 0 Å². The van der Waals surface area contributed by atoms with Gasteiger partial charge in [0.2, 0.25) is 5.91 Å². The van der Waals surface area contributed by atoms with E-state index in [1.165, 1.54) is 12.8 Å². The average Bonchev–Trinajstić information content (AvgIpc) is 2.67. The van der Waals surface area contributed by atoms with Gasteiger partial charge in [-0.2, -0.15) is 0 Å². The quantitative estimate of drug-likeness (QED) is 0.682. The molecule has 2 saturated carbocycles. The van der Waals surface area contributed by atoms with Gasteiger partial charge in [0, 0.05) is 6.54 Å². The number of nitrogens with one attached hydrogen (secondary N) is 1. The summed E-state index contributed by atoms with van der Waals surface area (Å²) in [5.41, 5.74) is 5.54. The molecule has 0 saturated heterocycles. The molecule has 4 N–H and O–H groups in total. The van der Waals surface area contributed by atoms with Crippen LogP contribution in [0.1, 0.15) is 64.2 Å². The number of amides is 1. The van der Waals surface area contributed by atoms with E-state index in [1.807, 2.05) is 0 Å². The lowest BCUT2D eigenvalue weighted by Crippen LogP contribution is -2.53. The van der Waals surface area contributed by atoms with E-state index < -0.39 is 0 Å². The van der Waals surface area contributed by atoms with Crippen LogP contribution in [0.25, 0.3) is 0 Å². The van der Waals surface area contributed by atoms with E-state index >= 15 is 0 Å². The lowest BCUT2D eigenvalue weighted by atomic mass is 9.78. The van der Waals surface area contributed by atoms with Crippen molar-refractivity contribution in [2.24, 2.45) is 11.1 Å². The van der Waals surface area contributed by atoms with Crippen molar-refractivity contribution in [3.05, 3.63) is 0 Å². The fourth-order valence-electron chi connectivity index (χ4n) is 3.53. The number of nitrogens with two attached hydrogens (primary N) is 1. The van der Waals surface area contributed by atoms with Gasteiger partial charge in [0.05, 0.1) is 17.6 Å². The van der Waals surface area contributed by atoms with Crippen LogP contribution in [0.5, 0.6) is 0 Å². The fraction of sp³-hybridized carbons (Fsp3) is 0.933. The number of rotatable bonds is 3. The van der Waals surface area contributed by atoms with E-state index in [0.717, 1.165) is 51.4 Å². The summed E-state index contributed by atoms with van der Waals surface area (Å²) in [6.07, 6.45) is 9.90. The van der Waals surface area contributed by atoms with Gasteiger partial charge in [-0.05, 0) is 25.7 Å². The van der Waals surface area contributed by atoms with Crippen molar-refractivity contribution in [1.29, 1.82) is 0 Å². The number of hydrogen-bond acceptors (Lipinski definition) is 3. The zero-order valence-corrected chi connectivity index (χ0v) is 11.9. The Morgan fingerprint density at radius 3 is 2.32 bits per heavy atom. The van der Waals surface area contributed by atoms with E-state index in [2.05, 4.69) is 5.32 Å². The Balaban J connectivity index is 1.99. The molecule has 110 valence electrons. The lowest BCUT2D eigenvalue weighted by molar-refractivity contribution is -0.133. The third kappa shape index (κ3) is 3.48. The molecule has 19 heavy (non-hydrogen) atoms. The third-order valence-electron chi connectivity index (χ3n) is 4.98. The van der Waals surface area contributed by atoms with Crippen molar-refractivity contribution in [2.45, 2.75) is 76.4 Å². The molecule has 0 radical (unpaired) electrons. The molecule has 0 aliphatic heterocycles. The van der Waals surface area contributed by atoms with Crippen LogP contribution >= 0.6 is 0 Å². The Bertz CT molecular complexity index is 299. The zero-order valence-electron chi connectivity index (χ0n) is 11.9. The van der Waals surface area contributed by atoms with Gasteiger partial charge in [0.15, 0.2) is 0 Å². The maximum absolute atomic E-state index is 12.6. The summed E-state index contributed by atoms with van der Waals surface area (Å²) in [7, 11) is 0. The van der Waals surface area contributed by atoms with E-state index in [9.17, 15) is 9.90 Å². The van der Waals surface area contributed by atoms with Crippen LogP contribution in [0.3, 0.4) is 0 Å². The largest absolute Gasteiger partial charge is 0.391 e. The van der Waals surface area contributed by atoms with E-state index in [0.29, 0.717) is 6.54 Å². The topological polar surface area (TPSA) is 75.4 Å². The van der Waals surface area contributed by atoms with Gasteiger partial charge in [-0.3, -0.25) is 4.79 Å². The first-order valence-corrected chi connectivity index (χ1v) is 7.87. The van der Waals surface area contributed by atoms with Crippen LogP contribution in [0.2, 0.25) is 0 Å². The van der Waals surface area contributed by atoms with Gasteiger partial charge in [0.25, 0.3) is 0 Å². The van der Waals surface area contributed by atoms with Crippen molar-refractivity contribution >= 4 is 5.91 Å². The number of aliphatic hydroxyl groups excluding tert-OH is 1. The predicted octanol–water partition coefficient (Wildman–Crippen LogP) is 1.71. The molecular weight excluding hydrogens is 240 g/mol. The highest BCUT2D eigenvalue weighted by atomic mass is 16.3. The summed E-state index contributed by atoms with van der Waals surface area (Å²) >= 11 is 0. The summed E-state index contributed by atoms with van der Waals surface area (Å²) in [5.74, 6) is 0.0860. The standard InChI is InChI=1S/C15H28N2O2/c16-11-15(9-5-1-2-6-10-15)14(19)17-12-7-3-4-8-13(12)18/h12-13,18H,1-11,16H2,(H,17,19). The van der Waals surface area contributed by atoms with Crippen molar-refractivity contribution in [1.82, 2.24) is 5.32 Å². The fourth-order valence-corrected chi connectivity index (χ4v) is 3.53. The lowest BCUT2D eigenvalue weighted by Gasteiger charge is -2.35. The summed E-state index contributed by atoms with van der Waals surface area (Å²) < 4.78 is 0. The molecule has 0 bridgehead atoms. The molecular formula is C15H28N2O2. The molecule has 1 amide bonds. The van der Waals surface area contributed by atoms with Crippen LogP contribution in [-0.4, -0.2) is 29.7 Å². The highest BCUT2D eigenvalue weighted by molar-refractivity contribution is 5.83. The van der Waals surface area contributed by atoms with Crippen LogP contribution < -0.4 is 11.1 Å². The minimum atomic E-state index is -0.381. The van der Waals surface area contributed by atoms with Crippen molar-refractivity contribution in [3.63, 3.8) is 0 Å². The monoisotopic (exact) mass is 268 g/mol. The van der Waals surface area contributed by atoms with E-state index in [1.54, 1.807) is 0 Å². The van der Waals surface area contributed by atoms with Crippen molar-refractivity contribution in [3.8, 4) is 0 Å². The highest BCUT2D eigenvalue weighted by Crippen LogP contribution is 2.35. The smallest absolute Gasteiger partial charge is 0.227 e. The van der Waals surface area contributed by atoms with Crippen molar-refractivity contribution in [2.75, 3.05) is 6.54 Å². The number of hydrogen-bond donors (Lipinski definition) is 3. The van der Waals surface area contributed by atoms with Gasteiger partial charge in [-0.25, -0.2) is 0 Å². The number of aliphatic hydroxyl groups is 1. The van der Waals surface area contributed by atoms with Crippen molar-refractivity contribution < 1.29 is 9.90 Å². The molecule has 2 fully saturated rings. The molecule has 4 nitrogen and oxygen atoms in total. The Labute approximate surface area is 116 Å². The highest BCUT2D eigenvalue weighted by Gasteiger charge is 2.39. The van der Waals surface area contributed by atoms with Crippen LogP contribution in [0, 0.1) is 5.41 Å². The second-order valence-corrected chi connectivity index (χ2v) is 6.33. The minimum absolute atomic E-state index is 0.0621. The maximum Gasteiger partial charge on any atom is 0.227 e. The predicted molar refractivity (Wildman–Crippen MR) is 75.6 cm³/mol. The third-order valence-corrected chi connectivity index (χ3v) is 4.98. The molecule has 2 aliphatic carbocycles. The first kappa shape index (κ1) is 14.8. The maximum atomic E-state index is 12.6. The molecule has 0 aromatic heterocycles. The Morgan fingerprint density at radius 2 is 1.74 bits per heavy atom. The Hall–Kier alpha value is -0.610. The number of carbonyl (C=O) groups is 1. The molecule has 0 heterocycles. The van der Waals surface area contributed by atoms with Gasteiger partial charge in [-0.1, -0.05) is 38.5 Å². The first-order valence-electron chi connectivity index (χ1n) is 7.87. The molecule has 0 aromatic carbocycles. The van der Waals surface area contributed by atoms with Gasteiger partial charge >= 0.3 is 0 Å². The molecule has 2 aliphatic rings. The normalized spacial score (nSPS) is 31.5. The number of carbonyl (C=O) groups excluding carboxylic acids is 1. The van der Waals surface area contributed by atoms with Crippen LogP contribution in [-0.2, 0) is 4.79 Å². The summed E-state index contributed by atoms with van der Waals surface area (Å²) in [6.45, 7) is 0.432. The zero-order chi connectivity index (χ0) is 13.7. The molecule has 2 atom stereocenters. The van der Waals surface area contributed by atoms with Crippen LogP contribution in [0.4, 0.5) is 0 Å². The first-order chi connectivity index (χ1) is 9.18. The minimum Gasteiger partial charge on any atom is -0.391 e. The second-order valence-electron chi connectivity index (χ2n) is 6.33. The molecule has 4 heteroatoms. The van der Waals surface area contributed by atoms with E-state index in [-0.39, 0.29) is 23.5 Å².